The number of amides is 4. The first-order valence-electron chi connectivity index (χ1n) is 7.79. The van der Waals surface area contributed by atoms with Crippen molar-refractivity contribution in [1.29, 1.82) is 0 Å². The Balaban J connectivity index is 2.04. The number of hydrogen-bond donors (Lipinski definition) is 2. The first-order valence-corrected chi connectivity index (χ1v) is 8.67. The van der Waals surface area contributed by atoms with Gasteiger partial charge in [-0.2, -0.15) is 0 Å². The van der Waals surface area contributed by atoms with Crippen LogP contribution in [-0.2, 0) is 9.59 Å². The maximum absolute atomic E-state index is 12.7. The van der Waals surface area contributed by atoms with Gasteiger partial charge in [0.25, 0.3) is 11.8 Å². The highest BCUT2D eigenvalue weighted by atomic mass is 32.1. The summed E-state index contributed by atoms with van der Waals surface area (Å²) < 4.78 is 0. The number of anilines is 1. The molecular formula is C16H19N3O4S. The van der Waals surface area contributed by atoms with Gasteiger partial charge < -0.3 is 5.73 Å². The molecule has 0 spiro atoms. The molecule has 1 aromatic rings. The van der Waals surface area contributed by atoms with Crippen molar-refractivity contribution in [3.8, 4) is 0 Å². The van der Waals surface area contributed by atoms with Gasteiger partial charge in [-0.3, -0.25) is 29.4 Å². The number of carbonyl (C=O) groups is 4. The van der Waals surface area contributed by atoms with Crippen LogP contribution in [0.15, 0.2) is 5.38 Å². The Bertz CT molecular complexity index is 767. The van der Waals surface area contributed by atoms with Gasteiger partial charge in [0.2, 0.25) is 11.8 Å². The summed E-state index contributed by atoms with van der Waals surface area (Å²) in [5.41, 5.74) is 5.45. The fourth-order valence-electron chi connectivity index (χ4n) is 3.47. The molecule has 0 radical (unpaired) electrons. The lowest BCUT2D eigenvalue weighted by atomic mass is 9.79. The first-order chi connectivity index (χ1) is 11.2. The van der Waals surface area contributed by atoms with Crippen molar-refractivity contribution in [2.45, 2.75) is 39.7 Å². The SMILES string of the molecule is CCC1CC(C)(C)C(=O)NC(=O)C1N1C(=O)c2csc(N)c2C1=O. The van der Waals surface area contributed by atoms with Gasteiger partial charge >= 0.3 is 0 Å². The summed E-state index contributed by atoms with van der Waals surface area (Å²) in [6.45, 7) is 5.39. The number of nitrogen functional groups attached to an aromatic ring is 1. The zero-order valence-electron chi connectivity index (χ0n) is 13.7. The molecule has 1 aromatic heterocycles. The summed E-state index contributed by atoms with van der Waals surface area (Å²) in [6, 6.07) is -1.00. The third-order valence-electron chi connectivity index (χ3n) is 4.84. The van der Waals surface area contributed by atoms with Crippen LogP contribution in [0.1, 0.15) is 54.3 Å². The number of fused-ring (bicyclic) bond motifs is 1. The first kappa shape index (κ1) is 16.6. The zero-order valence-corrected chi connectivity index (χ0v) is 14.5. The molecule has 2 atom stereocenters. The summed E-state index contributed by atoms with van der Waals surface area (Å²) in [7, 11) is 0. The van der Waals surface area contributed by atoms with Crippen molar-refractivity contribution in [2.24, 2.45) is 11.3 Å². The highest BCUT2D eigenvalue weighted by Gasteiger charge is 2.50. The summed E-state index contributed by atoms with van der Waals surface area (Å²) in [6.07, 6.45) is 0.972. The predicted octanol–water partition coefficient (Wildman–Crippen LogP) is 1.39. The molecule has 0 aliphatic carbocycles. The van der Waals surface area contributed by atoms with Gasteiger partial charge in [0.1, 0.15) is 6.04 Å². The van der Waals surface area contributed by atoms with Crippen molar-refractivity contribution in [3.63, 3.8) is 0 Å². The molecule has 3 rings (SSSR count). The van der Waals surface area contributed by atoms with Gasteiger partial charge in [-0.1, -0.05) is 27.2 Å². The van der Waals surface area contributed by atoms with E-state index in [0.717, 1.165) is 16.2 Å². The molecule has 3 N–H and O–H groups in total. The Morgan fingerprint density at radius 3 is 2.54 bits per heavy atom. The fourth-order valence-corrected chi connectivity index (χ4v) is 4.25. The molecule has 2 aliphatic heterocycles. The van der Waals surface area contributed by atoms with Crippen LogP contribution in [0.5, 0.6) is 0 Å². The van der Waals surface area contributed by atoms with Crippen LogP contribution in [0, 0.1) is 11.3 Å². The number of imide groups is 2. The molecule has 1 fully saturated rings. The van der Waals surface area contributed by atoms with Crippen LogP contribution in [0.3, 0.4) is 0 Å². The summed E-state index contributed by atoms with van der Waals surface area (Å²) in [5.74, 6) is -2.37. The Morgan fingerprint density at radius 1 is 1.29 bits per heavy atom. The van der Waals surface area contributed by atoms with Crippen LogP contribution >= 0.6 is 11.3 Å². The van der Waals surface area contributed by atoms with E-state index >= 15 is 0 Å². The Kier molecular flexibility index (Phi) is 3.75. The van der Waals surface area contributed by atoms with Gasteiger partial charge in [-0.05, 0) is 12.3 Å². The fraction of sp³-hybridized carbons (Fsp3) is 0.500. The quantitative estimate of drug-likeness (QED) is 0.784. The number of hydrogen-bond acceptors (Lipinski definition) is 6. The molecule has 0 saturated carbocycles. The van der Waals surface area contributed by atoms with Crippen molar-refractivity contribution >= 4 is 40.0 Å². The van der Waals surface area contributed by atoms with Crippen LogP contribution in [-0.4, -0.2) is 34.6 Å². The van der Waals surface area contributed by atoms with Crippen LogP contribution in [0.4, 0.5) is 5.00 Å². The third-order valence-corrected chi connectivity index (χ3v) is 5.65. The molecule has 128 valence electrons. The largest absolute Gasteiger partial charge is 0.390 e. The summed E-state index contributed by atoms with van der Waals surface area (Å²) >= 11 is 1.13. The van der Waals surface area contributed by atoms with Crippen LogP contribution < -0.4 is 11.1 Å². The molecule has 7 nitrogen and oxygen atoms in total. The number of carbonyl (C=O) groups excluding carboxylic acids is 4. The van der Waals surface area contributed by atoms with Gasteiger partial charge in [0, 0.05) is 10.8 Å². The lowest BCUT2D eigenvalue weighted by Crippen LogP contribution is -2.52. The minimum Gasteiger partial charge on any atom is -0.390 e. The molecule has 2 unspecified atom stereocenters. The van der Waals surface area contributed by atoms with Crippen molar-refractivity contribution in [1.82, 2.24) is 10.2 Å². The maximum atomic E-state index is 12.7. The van der Waals surface area contributed by atoms with E-state index in [1.54, 1.807) is 13.8 Å². The second kappa shape index (κ2) is 5.41. The van der Waals surface area contributed by atoms with Gasteiger partial charge in [0.05, 0.1) is 16.1 Å². The predicted molar refractivity (Wildman–Crippen MR) is 88.3 cm³/mol. The summed E-state index contributed by atoms with van der Waals surface area (Å²) in [4.78, 5) is 51.2. The van der Waals surface area contributed by atoms with E-state index in [0.29, 0.717) is 12.8 Å². The van der Waals surface area contributed by atoms with Crippen LogP contribution in [0.25, 0.3) is 0 Å². The second-order valence-corrected chi connectivity index (χ2v) is 7.80. The van der Waals surface area contributed by atoms with E-state index < -0.39 is 29.2 Å². The average Bonchev–Trinajstić information content (AvgIpc) is 2.97. The minimum atomic E-state index is -1.00. The van der Waals surface area contributed by atoms with Gasteiger partial charge in [-0.25, -0.2) is 0 Å². The van der Waals surface area contributed by atoms with Crippen molar-refractivity contribution in [3.05, 3.63) is 16.5 Å². The lowest BCUT2D eigenvalue weighted by molar-refractivity contribution is -0.135. The Hall–Kier alpha value is -2.22. The number of nitrogens with one attached hydrogen (secondary N) is 1. The van der Waals surface area contributed by atoms with E-state index in [1.807, 2.05) is 6.92 Å². The average molecular weight is 349 g/mol. The molecule has 3 heterocycles. The monoisotopic (exact) mass is 349 g/mol. The topological polar surface area (TPSA) is 110 Å². The Labute approximate surface area is 143 Å². The molecule has 1 saturated heterocycles. The van der Waals surface area contributed by atoms with Gasteiger partial charge in [0.15, 0.2) is 0 Å². The molecule has 0 bridgehead atoms. The molecule has 2 aliphatic rings. The van der Waals surface area contributed by atoms with E-state index in [4.69, 9.17) is 5.73 Å². The minimum absolute atomic E-state index is 0.169. The second-order valence-electron chi connectivity index (χ2n) is 6.89. The van der Waals surface area contributed by atoms with E-state index in [2.05, 4.69) is 5.32 Å². The van der Waals surface area contributed by atoms with E-state index in [1.165, 1.54) is 5.38 Å². The summed E-state index contributed by atoms with van der Waals surface area (Å²) in [5, 5.41) is 4.15. The molecule has 8 heteroatoms. The number of nitrogens with zero attached hydrogens (tertiary/aromatic N) is 1. The van der Waals surface area contributed by atoms with Crippen LogP contribution in [0.2, 0.25) is 0 Å². The highest BCUT2D eigenvalue weighted by Crippen LogP contribution is 2.39. The Morgan fingerprint density at radius 2 is 1.96 bits per heavy atom. The molecule has 0 aromatic carbocycles. The van der Waals surface area contributed by atoms with Crippen molar-refractivity contribution in [2.75, 3.05) is 5.73 Å². The molecular weight excluding hydrogens is 330 g/mol. The third kappa shape index (κ3) is 2.24. The molecule has 4 amide bonds. The van der Waals surface area contributed by atoms with E-state index in [-0.39, 0.29) is 28.0 Å². The standard InChI is InChI=1S/C16H19N3O4S/c1-4-7-5-16(2,3)15(23)18-12(20)10(7)19-13(21)8-6-24-11(17)9(8)14(19)22/h6-7,10H,4-5,17H2,1-3H3,(H,18,20,23). The number of nitrogens with two attached hydrogens (primary N) is 1. The van der Waals surface area contributed by atoms with Gasteiger partial charge in [-0.15, -0.1) is 11.3 Å². The maximum Gasteiger partial charge on any atom is 0.265 e. The molecule has 24 heavy (non-hydrogen) atoms. The van der Waals surface area contributed by atoms with Crippen molar-refractivity contribution < 1.29 is 19.2 Å². The normalized spacial score (nSPS) is 26.4. The van der Waals surface area contributed by atoms with E-state index in [9.17, 15) is 19.2 Å². The zero-order chi connectivity index (χ0) is 17.8. The smallest absolute Gasteiger partial charge is 0.265 e. The number of rotatable bonds is 2. The lowest BCUT2D eigenvalue weighted by Gasteiger charge is -2.31. The number of thiophene rings is 1. The highest BCUT2D eigenvalue weighted by molar-refractivity contribution is 7.14.